The molecule has 1 unspecified atom stereocenters. The lowest BCUT2D eigenvalue weighted by Gasteiger charge is -2.29. The van der Waals surface area contributed by atoms with E-state index in [2.05, 4.69) is 75.6 Å². The van der Waals surface area contributed by atoms with Gasteiger partial charge in [-0.05, 0) is 60.9 Å². The van der Waals surface area contributed by atoms with E-state index in [1.807, 2.05) is 30.4 Å². The van der Waals surface area contributed by atoms with Gasteiger partial charge in [-0.1, -0.05) is 24.3 Å². The molecule has 5 rings (SSSR count). The summed E-state index contributed by atoms with van der Waals surface area (Å²) in [5.74, 6) is -0.0368. The van der Waals surface area contributed by atoms with Crippen LogP contribution in [0.4, 0.5) is 5.69 Å². The molecule has 2 aromatic carbocycles. The summed E-state index contributed by atoms with van der Waals surface area (Å²) in [7, 11) is 0. The van der Waals surface area contributed by atoms with Crippen LogP contribution in [-0.2, 0) is 6.54 Å². The van der Waals surface area contributed by atoms with Crippen LogP contribution in [0.1, 0.15) is 39.3 Å². The van der Waals surface area contributed by atoms with E-state index in [1.54, 1.807) is 0 Å². The first-order chi connectivity index (χ1) is 17.0. The van der Waals surface area contributed by atoms with E-state index in [1.165, 1.54) is 15.3 Å². The molecule has 2 aliphatic heterocycles. The SMILES string of the molecule is Cc1ccc(NC2CNC2)cc1C(=O)NC(C)c1cccc(-c2ccc(CN3CCNCC3)s2)c1. The molecule has 35 heavy (non-hydrogen) atoms. The van der Waals surface area contributed by atoms with Crippen LogP contribution in [0.2, 0.25) is 0 Å². The monoisotopic (exact) mass is 489 g/mol. The number of rotatable bonds is 8. The number of hydrogen-bond acceptors (Lipinski definition) is 6. The molecule has 3 heterocycles. The van der Waals surface area contributed by atoms with Crippen LogP contribution in [-0.4, -0.2) is 56.1 Å². The fraction of sp³-hybridized carbons (Fsp3) is 0.393. The van der Waals surface area contributed by atoms with Gasteiger partial charge in [0.2, 0.25) is 0 Å². The summed E-state index contributed by atoms with van der Waals surface area (Å²) in [5, 5.41) is 13.4. The summed E-state index contributed by atoms with van der Waals surface area (Å²) in [6.07, 6.45) is 0. The van der Waals surface area contributed by atoms with Gasteiger partial charge in [-0.2, -0.15) is 0 Å². The van der Waals surface area contributed by atoms with Crippen LogP contribution >= 0.6 is 11.3 Å². The second-order valence-electron chi connectivity index (χ2n) is 9.64. The highest BCUT2D eigenvalue weighted by Crippen LogP contribution is 2.31. The van der Waals surface area contributed by atoms with Gasteiger partial charge in [0, 0.05) is 66.8 Å². The molecule has 0 aliphatic carbocycles. The van der Waals surface area contributed by atoms with Gasteiger partial charge in [0.1, 0.15) is 0 Å². The number of anilines is 1. The van der Waals surface area contributed by atoms with Crippen molar-refractivity contribution in [1.29, 1.82) is 0 Å². The zero-order valence-electron chi connectivity index (χ0n) is 20.6. The minimum absolute atomic E-state index is 0.0368. The molecule has 0 spiro atoms. The zero-order valence-corrected chi connectivity index (χ0v) is 21.4. The molecule has 6 nitrogen and oxygen atoms in total. The van der Waals surface area contributed by atoms with E-state index in [4.69, 9.17) is 0 Å². The highest BCUT2D eigenvalue weighted by molar-refractivity contribution is 7.15. The maximum Gasteiger partial charge on any atom is 0.252 e. The summed E-state index contributed by atoms with van der Waals surface area (Å²) < 4.78 is 0. The van der Waals surface area contributed by atoms with Gasteiger partial charge in [0.05, 0.1) is 12.1 Å². The maximum absolute atomic E-state index is 13.2. The molecule has 3 aromatic rings. The Hall–Kier alpha value is -2.71. The lowest BCUT2D eigenvalue weighted by molar-refractivity contribution is 0.0939. The Morgan fingerprint density at radius 2 is 1.91 bits per heavy atom. The second-order valence-corrected chi connectivity index (χ2v) is 10.8. The molecule has 1 atom stereocenters. The number of thiophene rings is 1. The van der Waals surface area contributed by atoms with E-state index >= 15 is 0 Å². The highest BCUT2D eigenvalue weighted by Gasteiger charge is 2.19. The van der Waals surface area contributed by atoms with Crippen LogP contribution in [0.5, 0.6) is 0 Å². The second kappa shape index (κ2) is 10.9. The van der Waals surface area contributed by atoms with Crippen molar-refractivity contribution >= 4 is 22.9 Å². The molecule has 0 bridgehead atoms. The summed E-state index contributed by atoms with van der Waals surface area (Å²) in [6, 6.07) is 19.4. The van der Waals surface area contributed by atoms with Crippen LogP contribution < -0.4 is 21.3 Å². The number of piperazine rings is 1. The summed E-state index contributed by atoms with van der Waals surface area (Å²) in [5.41, 5.74) is 5.02. The molecule has 184 valence electrons. The molecular formula is C28H35N5OS. The predicted molar refractivity (Wildman–Crippen MR) is 145 cm³/mol. The van der Waals surface area contributed by atoms with Crippen molar-refractivity contribution < 1.29 is 4.79 Å². The van der Waals surface area contributed by atoms with Gasteiger partial charge in [0.15, 0.2) is 0 Å². The van der Waals surface area contributed by atoms with Crippen molar-refractivity contribution in [2.45, 2.75) is 32.5 Å². The fourth-order valence-electron chi connectivity index (χ4n) is 4.61. The Kier molecular flexibility index (Phi) is 7.48. The van der Waals surface area contributed by atoms with E-state index < -0.39 is 0 Å². The number of aryl methyl sites for hydroxylation is 1. The number of carbonyl (C=O) groups is 1. The van der Waals surface area contributed by atoms with Gasteiger partial charge in [-0.15, -0.1) is 11.3 Å². The Bertz CT molecular complexity index is 1170. The molecule has 0 saturated carbocycles. The zero-order chi connectivity index (χ0) is 24.2. The summed E-state index contributed by atoms with van der Waals surface area (Å²) in [4.78, 5) is 18.3. The quantitative estimate of drug-likeness (QED) is 0.385. The van der Waals surface area contributed by atoms with Crippen LogP contribution in [0.15, 0.2) is 54.6 Å². The van der Waals surface area contributed by atoms with Gasteiger partial charge < -0.3 is 21.3 Å². The molecular weight excluding hydrogens is 454 g/mol. The largest absolute Gasteiger partial charge is 0.380 e. The molecule has 2 aliphatic rings. The Balaban J connectivity index is 1.25. The van der Waals surface area contributed by atoms with E-state index in [-0.39, 0.29) is 11.9 Å². The smallest absolute Gasteiger partial charge is 0.252 e. The molecule has 0 radical (unpaired) electrons. The molecule has 2 saturated heterocycles. The normalized spacial score (nSPS) is 17.5. The van der Waals surface area contributed by atoms with Crippen LogP contribution in [0.25, 0.3) is 10.4 Å². The Morgan fingerprint density at radius 1 is 1.09 bits per heavy atom. The fourth-order valence-corrected chi connectivity index (χ4v) is 5.66. The van der Waals surface area contributed by atoms with Crippen molar-refractivity contribution in [3.8, 4) is 10.4 Å². The highest BCUT2D eigenvalue weighted by atomic mass is 32.1. The average Bonchev–Trinajstić information content (AvgIpc) is 3.31. The van der Waals surface area contributed by atoms with E-state index in [0.29, 0.717) is 6.04 Å². The number of nitrogens with one attached hydrogen (secondary N) is 4. The minimum atomic E-state index is -0.0884. The Labute approximate surface area is 212 Å². The first-order valence-corrected chi connectivity index (χ1v) is 13.4. The minimum Gasteiger partial charge on any atom is -0.380 e. The van der Waals surface area contributed by atoms with E-state index in [0.717, 1.165) is 68.2 Å². The number of hydrogen-bond donors (Lipinski definition) is 4. The van der Waals surface area contributed by atoms with Crippen molar-refractivity contribution in [3.05, 3.63) is 76.2 Å². The first kappa shape index (κ1) is 24.0. The van der Waals surface area contributed by atoms with Crippen LogP contribution in [0.3, 0.4) is 0 Å². The van der Waals surface area contributed by atoms with E-state index in [9.17, 15) is 4.79 Å². The molecule has 2 fully saturated rings. The topological polar surface area (TPSA) is 68.4 Å². The van der Waals surface area contributed by atoms with Gasteiger partial charge in [-0.3, -0.25) is 9.69 Å². The van der Waals surface area contributed by atoms with Crippen molar-refractivity contribution in [2.75, 3.05) is 44.6 Å². The van der Waals surface area contributed by atoms with Crippen molar-refractivity contribution in [1.82, 2.24) is 20.9 Å². The predicted octanol–water partition coefficient (Wildman–Crippen LogP) is 4.00. The molecule has 7 heteroatoms. The summed E-state index contributed by atoms with van der Waals surface area (Å²) in [6.45, 7) is 11.3. The van der Waals surface area contributed by atoms with Gasteiger partial charge in [-0.25, -0.2) is 0 Å². The van der Waals surface area contributed by atoms with Gasteiger partial charge in [0.25, 0.3) is 5.91 Å². The third-order valence-electron chi connectivity index (χ3n) is 6.90. The lowest BCUT2D eigenvalue weighted by atomic mass is 10.0. The first-order valence-electron chi connectivity index (χ1n) is 12.6. The van der Waals surface area contributed by atoms with Crippen molar-refractivity contribution in [3.63, 3.8) is 0 Å². The number of carbonyl (C=O) groups excluding carboxylic acids is 1. The number of nitrogens with zero attached hydrogens (tertiary/aromatic N) is 1. The van der Waals surface area contributed by atoms with Gasteiger partial charge >= 0.3 is 0 Å². The molecule has 1 aromatic heterocycles. The average molecular weight is 490 g/mol. The Morgan fingerprint density at radius 3 is 2.69 bits per heavy atom. The van der Waals surface area contributed by atoms with Crippen LogP contribution in [0, 0.1) is 6.92 Å². The third kappa shape index (κ3) is 5.93. The maximum atomic E-state index is 13.2. The lowest BCUT2D eigenvalue weighted by Crippen LogP contribution is -2.51. The summed E-state index contributed by atoms with van der Waals surface area (Å²) >= 11 is 1.86. The number of amides is 1. The molecule has 4 N–H and O–H groups in total. The molecule has 1 amide bonds. The number of benzene rings is 2. The van der Waals surface area contributed by atoms with Crippen molar-refractivity contribution in [2.24, 2.45) is 0 Å². The standard InChI is InChI=1S/C28H35N5OS/c1-19-6-7-23(32-24-16-30-17-24)15-26(19)28(34)31-20(2)21-4-3-5-22(14-21)27-9-8-25(35-27)18-33-12-10-29-11-13-33/h3-9,14-15,20,24,29-30,32H,10-13,16-18H2,1-2H3,(H,31,34). The third-order valence-corrected chi connectivity index (χ3v) is 8.02.